The first-order chi connectivity index (χ1) is 11.7. The number of nitrogens with one attached hydrogen (secondary N) is 2. The van der Waals surface area contributed by atoms with Crippen LogP contribution in [0.15, 0.2) is 29.3 Å². The van der Waals surface area contributed by atoms with Crippen LogP contribution in [-0.4, -0.2) is 59.3 Å². The van der Waals surface area contributed by atoms with Crippen LogP contribution in [0.3, 0.4) is 0 Å². The Kier molecular flexibility index (Phi) is 11.7. The minimum atomic E-state index is -3.17. The first-order valence-corrected chi connectivity index (χ1v) is 9.50. The number of rotatable bonds is 9. The zero-order chi connectivity index (χ0) is 18.9. The maximum Gasteiger partial charge on any atom is 0.387 e. The summed E-state index contributed by atoms with van der Waals surface area (Å²) in [5.74, 6) is 0.759. The molecule has 0 aromatic heterocycles. The lowest BCUT2D eigenvalue weighted by atomic mass is 10.2. The Balaban J connectivity index is 0.00000625. The van der Waals surface area contributed by atoms with Crippen molar-refractivity contribution in [3.63, 3.8) is 0 Å². The third-order valence-electron chi connectivity index (χ3n) is 3.14. The molecule has 150 valence electrons. The number of halogens is 3. The minimum absolute atomic E-state index is 0. The van der Waals surface area contributed by atoms with E-state index in [1.165, 1.54) is 12.1 Å². The second-order valence-corrected chi connectivity index (χ2v) is 7.21. The molecule has 1 rings (SSSR count). The average molecular weight is 506 g/mol. The number of alkyl halides is 2. The van der Waals surface area contributed by atoms with Crippen molar-refractivity contribution in [2.75, 3.05) is 33.4 Å². The quantitative estimate of drug-likeness (QED) is 0.231. The Morgan fingerprint density at radius 1 is 1.27 bits per heavy atom. The molecule has 0 amide bonds. The van der Waals surface area contributed by atoms with Gasteiger partial charge in [-0.25, -0.2) is 13.1 Å². The molecule has 0 heterocycles. The third-order valence-corrected chi connectivity index (χ3v) is 3.87. The van der Waals surface area contributed by atoms with Gasteiger partial charge in [-0.1, -0.05) is 12.1 Å². The summed E-state index contributed by atoms with van der Waals surface area (Å²) in [5, 5.41) is 3.13. The molecule has 0 aliphatic rings. The zero-order valence-electron chi connectivity index (χ0n) is 14.9. The van der Waals surface area contributed by atoms with Gasteiger partial charge in [0.1, 0.15) is 5.75 Å². The monoisotopic (exact) mass is 506 g/mol. The lowest BCUT2D eigenvalue weighted by molar-refractivity contribution is -0.0498. The normalized spacial score (nSPS) is 11.8. The summed E-state index contributed by atoms with van der Waals surface area (Å²) < 4.78 is 52.9. The number of aliphatic imine (C=N–C) groups is 1. The van der Waals surface area contributed by atoms with Crippen molar-refractivity contribution in [2.24, 2.45) is 4.99 Å². The van der Waals surface area contributed by atoms with E-state index in [-0.39, 0.29) is 29.7 Å². The van der Waals surface area contributed by atoms with Crippen LogP contribution in [0.25, 0.3) is 0 Å². The first kappa shape index (κ1) is 24.8. The largest absolute Gasteiger partial charge is 0.435 e. The van der Waals surface area contributed by atoms with Crippen LogP contribution in [0.2, 0.25) is 0 Å². The molecule has 0 atom stereocenters. The van der Waals surface area contributed by atoms with E-state index >= 15 is 0 Å². The molecule has 26 heavy (non-hydrogen) atoms. The van der Waals surface area contributed by atoms with E-state index in [2.05, 4.69) is 19.8 Å². The average Bonchev–Trinajstić information content (AvgIpc) is 2.51. The van der Waals surface area contributed by atoms with Crippen LogP contribution in [0, 0.1) is 0 Å². The Morgan fingerprint density at radius 3 is 2.38 bits per heavy atom. The van der Waals surface area contributed by atoms with E-state index in [4.69, 9.17) is 0 Å². The van der Waals surface area contributed by atoms with Gasteiger partial charge in [0, 0.05) is 33.7 Å². The van der Waals surface area contributed by atoms with Crippen molar-refractivity contribution in [1.29, 1.82) is 0 Å². The van der Waals surface area contributed by atoms with Crippen molar-refractivity contribution >= 4 is 40.0 Å². The summed E-state index contributed by atoms with van der Waals surface area (Å²) in [6.07, 6.45) is 1.73. The zero-order valence-corrected chi connectivity index (χ0v) is 18.1. The van der Waals surface area contributed by atoms with Gasteiger partial charge in [-0.3, -0.25) is 4.99 Å². The molecule has 0 saturated heterocycles. The molecule has 0 fully saturated rings. The Bertz CT molecular complexity index is 657. The molecule has 0 aliphatic carbocycles. The number of hydrogen-bond acceptors (Lipinski definition) is 4. The maximum atomic E-state index is 12.1. The Hall–Kier alpha value is -1.21. The molecule has 2 N–H and O–H groups in total. The highest BCUT2D eigenvalue weighted by atomic mass is 127. The molecule has 0 spiro atoms. The number of sulfonamides is 1. The van der Waals surface area contributed by atoms with Gasteiger partial charge in [-0.15, -0.1) is 24.0 Å². The number of guanidine groups is 1. The van der Waals surface area contributed by atoms with Crippen LogP contribution in [0.1, 0.15) is 12.0 Å². The molecule has 1 aromatic rings. The third kappa shape index (κ3) is 10.7. The van der Waals surface area contributed by atoms with Crippen molar-refractivity contribution in [3.8, 4) is 5.75 Å². The fourth-order valence-corrected chi connectivity index (χ4v) is 2.57. The van der Waals surface area contributed by atoms with Crippen LogP contribution in [-0.2, 0) is 16.6 Å². The highest BCUT2D eigenvalue weighted by Crippen LogP contribution is 2.15. The molecule has 0 unspecified atom stereocenters. The molecule has 0 saturated carbocycles. The summed E-state index contributed by atoms with van der Waals surface area (Å²) in [7, 11) is 0.313. The first-order valence-electron chi connectivity index (χ1n) is 7.61. The number of ether oxygens (including phenoxy) is 1. The van der Waals surface area contributed by atoms with Crippen LogP contribution in [0.5, 0.6) is 5.75 Å². The van der Waals surface area contributed by atoms with Crippen LogP contribution >= 0.6 is 24.0 Å². The van der Waals surface area contributed by atoms with E-state index in [1.54, 1.807) is 19.2 Å². The van der Waals surface area contributed by atoms with Gasteiger partial charge in [0.2, 0.25) is 10.0 Å². The highest BCUT2D eigenvalue weighted by molar-refractivity contribution is 14.0. The fraction of sp³-hybridized carbons (Fsp3) is 0.533. The molecule has 0 radical (unpaired) electrons. The van der Waals surface area contributed by atoms with E-state index in [9.17, 15) is 17.2 Å². The van der Waals surface area contributed by atoms with Gasteiger partial charge >= 0.3 is 6.61 Å². The number of hydrogen-bond donors (Lipinski definition) is 2. The lowest BCUT2D eigenvalue weighted by Gasteiger charge is -2.22. The topological polar surface area (TPSA) is 83.0 Å². The molecule has 1 aromatic carbocycles. The van der Waals surface area contributed by atoms with E-state index in [0.29, 0.717) is 32.0 Å². The lowest BCUT2D eigenvalue weighted by Crippen LogP contribution is -2.39. The standard InChI is InChI=1S/C15H24F2N4O3S.HI/c1-18-15(19-9-4-10-20-25(3,22)23)21(2)11-12-5-7-13(8-6-12)24-14(16)17;/h5-8,14,20H,4,9-11H2,1-3H3,(H,18,19);1H. The highest BCUT2D eigenvalue weighted by Gasteiger charge is 2.08. The Labute approximate surface area is 170 Å². The van der Waals surface area contributed by atoms with E-state index in [1.807, 2.05) is 11.9 Å². The molecule has 11 heteroatoms. The summed E-state index contributed by atoms with van der Waals surface area (Å²) in [6, 6.07) is 6.39. The molecule has 0 aliphatic heterocycles. The predicted molar refractivity (Wildman–Crippen MR) is 109 cm³/mol. The van der Waals surface area contributed by atoms with Crippen molar-refractivity contribution in [3.05, 3.63) is 29.8 Å². The molecule has 0 bridgehead atoms. The predicted octanol–water partition coefficient (Wildman–Crippen LogP) is 1.85. The SMILES string of the molecule is CN=C(NCCCNS(C)(=O)=O)N(C)Cc1ccc(OC(F)F)cc1.I. The summed E-state index contributed by atoms with van der Waals surface area (Å²) in [5.41, 5.74) is 0.908. The van der Waals surface area contributed by atoms with Crippen molar-refractivity contribution in [1.82, 2.24) is 14.9 Å². The van der Waals surface area contributed by atoms with Crippen LogP contribution < -0.4 is 14.8 Å². The van der Waals surface area contributed by atoms with Gasteiger partial charge in [-0.05, 0) is 24.1 Å². The molecule has 7 nitrogen and oxygen atoms in total. The summed E-state index contributed by atoms with van der Waals surface area (Å²) in [4.78, 5) is 6.02. The summed E-state index contributed by atoms with van der Waals surface area (Å²) >= 11 is 0. The van der Waals surface area contributed by atoms with E-state index < -0.39 is 16.6 Å². The van der Waals surface area contributed by atoms with Crippen molar-refractivity contribution in [2.45, 2.75) is 19.6 Å². The smallest absolute Gasteiger partial charge is 0.387 e. The Morgan fingerprint density at radius 2 is 1.88 bits per heavy atom. The van der Waals surface area contributed by atoms with Gasteiger partial charge in [-0.2, -0.15) is 8.78 Å². The van der Waals surface area contributed by atoms with Crippen molar-refractivity contribution < 1.29 is 21.9 Å². The minimum Gasteiger partial charge on any atom is -0.435 e. The van der Waals surface area contributed by atoms with Gasteiger partial charge in [0.25, 0.3) is 0 Å². The number of benzene rings is 1. The molecular weight excluding hydrogens is 481 g/mol. The second-order valence-electron chi connectivity index (χ2n) is 5.37. The van der Waals surface area contributed by atoms with Crippen LogP contribution in [0.4, 0.5) is 8.78 Å². The maximum absolute atomic E-state index is 12.1. The van der Waals surface area contributed by atoms with Gasteiger partial charge in [0.05, 0.1) is 6.26 Å². The summed E-state index contributed by atoms with van der Waals surface area (Å²) in [6.45, 7) is -1.41. The van der Waals surface area contributed by atoms with Gasteiger partial charge in [0.15, 0.2) is 5.96 Å². The molecular formula is C15H25F2IN4O3S. The second kappa shape index (κ2) is 12.2. The van der Waals surface area contributed by atoms with E-state index in [0.717, 1.165) is 11.8 Å². The fourth-order valence-electron chi connectivity index (χ4n) is 2.06. The van der Waals surface area contributed by atoms with Gasteiger partial charge < -0.3 is 15.0 Å². The number of nitrogens with zero attached hydrogens (tertiary/aromatic N) is 2.